The van der Waals surface area contributed by atoms with E-state index < -0.39 is 5.41 Å². The van der Waals surface area contributed by atoms with E-state index in [9.17, 15) is 9.59 Å². The number of carbonyl (C=O) groups is 2. The van der Waals surface area contributed by atoms with Crippen molar-refractivity contribution in [3.8, 4) is 5.75 Å². The fraction of sp³-hybridized carbons (Fsp3) is 0.550. The first kappa shape index (κ1) is 20.0. The van der Waals surface area contributed by atoms with E-state index in [1.165, 1.54) is 0 Å². The Morgan fingerprint density at radius 2 is 2.07 bits per heavy atom. The van der Waals surface area contributed by atoms with Gasteiger partial charge >= 0.3 is 0 Å². The van der Waals surface area contributed by atoms with Crippen molar-refractivity contribution in [3.05, 3.63) is 23.8 Å². The van der Waals surface area contributed by atoms with Crippen LogP contribution in [0.25, 0.3) is 0 Å². The number of carbonyl (C=O) groups excluding carboxylic acids is 2. The number of rotatable bonds is 7. The number of ether oxygens (including phenoxy) is 1. The third kappa shape index (κ3) is 3.90. The van der Waals surface area contributed by atoms with Crippen molar-refractivity contribution >= 4 is 23.2 Å². The predicted octanol–water partition coefficient (Wildman–Crippen LogP) is 1.79. The highest BCUT2D eigenvalue weighted by Gasteiger charge is 2.48. The lowest BCUT2D eigenvalue weighted by atomic mass is 9.74. The molecule has 0 bridgehead atoms. The number of ketones is 1. The molecule has 28 heavy (non-hydrogen) atoms. The number of nitrogens with one attached hydrogen (secondary N) is 1. The average molecular weight is 388 g/mol. The predicted molar refractivity (Wildman–Crippen MR) is 105 cm³/mol. The summed E-state index contributed by atoms with van der Waals surface area (Å²) in [5.74, 6) is 0.0929. The molecule has 2 aliphatic rings. The Morgan fingerprint density at radius 1 is 1.32 bits per heavy atom. The molecule has 1 aliphatic carbocycles. The standard InChI is InChI=1S/C20H28N4O4/c21-14-7-3-8-15(17(14)18(22)24-27)28-12-20(9-4-10-23-19(20)26)16(25)11-13-5-1-2-6-13/h3,7-8,13,27H,1-2,4-6,9-12,21H2,(H2,22,24)(H,23,26). The molecule has 1 aliphatic heterocycles. The molecular weight excluding hydrogens is 360 g/mol. The van der Waals surface area contributed by atoms with Gasteiger partial charge in [-0.05, 0) is 30.9 Å². The van der Waals surface area contributed by atoms with Gasteiger partial charge in [0.1, 0.15) is 17.8 Å². The van der Waals surface area contributed by atoms with Gasteiger partial charge in [0.05, 0.1) is 5.56 Å². The zero-order valence-electron chi connectivity index (χ0n) is 15.9. The minimum atomic E-state index is -1.21. The third-order valence-electron chi connectivity index (χ3n) is 5.88. The van der Waals surface area contributed by atoms with E-state index in [0.717, 1.165) is 32.1 Å². The van der Waals surface area contributed by atoms with Crippen LogP contribution in [0.5, 0.6) is 5.75 Å². The van der Waals surface area contributed by atoms with Gasteiger partial charge in [-0.1, -0.05) is 36.9 Å². The van der Waals surface area contributed by atoms with Crippen LogP contribution < -0.4 is 21.5 Å². The maximum absolute atomic E-state index is 13.2. The number of amidine groups is 1. The summed E-state index contributed by atoms with van der Waals surface area (Å²) < 4.78 is 5.91. The van der Waals surface area contributed by atoms with Gasteiger partial charge < -0.3 is 26.7 Å². The van der Waals surface area contributed by atoms with Gasteiger partial charge in [0.25, 0.3) is 0 Å². The van der Waals surface area contributed by atoms with Crippen LogP contribution >= 0.6 is 0 Å². The van der Waals surface area contributed by atoms with Crippen LogP contribution in [-0.2, 0) is 9.59 Å². The Labute approximate surface area is 164 Å². The number of hydrogen-bond acceptors (Lipinski definition) is 6. The van der Waals surface area contributed by atoms with E-state index in [4.69, 9.17) is 21.4 Å². The highest BCUT2D eigenvalue weighted by Crippen LogP contribution is 2.36. The molecule has 2 fully saturated rings. The lowest BCUT2D eigenvalue weighted by Gasteiger charge is -2.35. The normalized spacial score (nSPS) is 23.4. The van der Waals surface area contributed by atoms with Gasteiger partial charge in [0, 0.05) is 18.7 Å². The second kappa shape index (κ2) is 8.50. The number of nitrogens with zero attached hydrogens (tertiary/aromatic N) is 1. The molecule has 1 aromatic carbocycles. The van der Waals surface area contributed by atoms with Crippen molar-refractivity contribution in [1.82, 2.24) is 5.32 Å². The van der Waals surface area contributed by atoms with Gasteiger partial charge in [0.2, 0.25) is 5.91 Å². The molecule has 0 radical (unpaired) electrons. The summed E-state index contributed by atoms with van der Waals surface area (Å²) >= 11 is 0. The topological polar surface area (TPSA) is 140 Å². The Morgan fingerprint density at radius 3 is 2.75 bits per heavy atom. The van der Waals surface area contributed by atoms with Crippen molar-refractivity contribution in [2.75, 3.05) is 18.9 Å². The Kier molecular flexibility index (Phi) is 6.06. The van der Waals surface area contributed by atoms with Crippen molar-refractivity contribution in [2.45, 2.75) is 44.9 Å². The number of nitrogen functional groups attached to an aromatic ring is 1. The van der Waals surface area contributed by atoms with E-state index in [-0.39, 0.29) is 41.1 Å². The Hall–Kier alpha value is -2.77. The maximum atomic E-state index is 13.2. The monoisotopic (exact) mass is 388 g/mol. The number of nitrogens with two attached hydrogens (primary N) is 2. The van der Waals surface area contributed by atoms with Crippen molar-refractivity contribution in [1.29, 1.82) is 0 Å². The zero-order chi connectivity index (χ0) is 20.1. The second-order valence-electron chi connectivity index (χ2n) is 7.71. The summed E-state index contributed by atoms with van der Waals surface area (Å²) in [7, 11) is 0. The summed E-state index contributed by atoms with van der Waals surface area (Å²) in [6.45, 7) is 0.463. The first-order chi connectivity index (χ1) is 13.5. The van der Waals surface area contributed by atoms with Crippen LogP contribution in [0.3, 0.4) is 0 Å². The van der Waals surface area contributed by atoms with E-state index in [1.54, 1.807) is 18.2 Å². The fourth-order valence-corrected chi connectivity index (χ4v) is 4.22. The van der Waals surface area contributed by atoms with Crippen LogP contribution in [0.2, 0.25) is 0 Å². The molecule has 8 nitrogen and oxygen atoms in total. The second-order valence-corrected chi connectivity index (χ2v) is 7.71. The van der Waals surface area contributed by atoms with Gasteiger partial charge in [-0.3, -0.25) is 9.59 Å². The molecule has 0 aromatic heterocycles. The first-order valence-electron chi connectivity index (χ1n) is 9.78. The zero-order valence-corrected chi connectivity index (χ0v) is 15.9. The number of amides is 1. The molecule has 6 N–H and O–H groups in total. The molecule has 3 rings (SSSR count). The van der Waals surface area contributed by atoms with Crippen molar-refractivity contribution < 1.29 is 19.5 Å². The summed E-state index contributed by atoms with van der Waals surface area (Å²) in [5, 5.41) is 14.8. The smallest absolute Gasteiger partial charge is 0.237 e. The number of benzene rings is 1. The summed E-state index contributed by atoms with van der Waals surface area (Å²) in [4.78, 5) is 26.0. The number of oxime groups is 1. The molecule has 8 heteroatoms. The Balaban J connectivity index is 1.84. The number of Topliss-reactive ketones (excluding diaryl/α,β-unsaturated/α-hetero) is 1. The van der Waals surface area contributed by atoms with Gasteiger partial charge in [-0.2, -0.15) is 0 Å². The molecule has 152 valence electrons. The van der Waals surface area contributed by atoms with Crippen LogP contribution in [0.4, 0.5) is 5.69 Å². The molecule has 1 saturated heterocycles. The molecule has 1 aromatic rings. The lowest BCUT2D eigenvalue weighted by Crippen LogP contribution is -2.54. The maximum Gasteiger partial charge on any atom is 0.237 e. The minimum Gasteiger partial charge on any atom is -0.491 e. The number of anilines is 1. The Bertz CT molecular complexity index is 773. The molecule has 1 heterocycles. The first-order valence-corrected chi connectivity index (χ1v) is 9.78. The molecule has 1 amide bonds. The van der Waals surface area contributed by atoms with Gasteiger partial charge in [-0.25, -0.2) is 0 Å². The summed E-state index contributed by atoms with van der Waals surface area (Å²) in [5.41, 5.74) is 11.0. The van der Waals surface area contributed by atoms with Gasteiger partial charge in [0.15, 0.2) is 11.6 Å². The fourth-order valence-electron chi connectivity index (χ4n) is 4.22. The minimum absolute atomic E-state index is 0.0640. The van der Waals surface area contributed by atoms with Crippen molar-refractivity contribution in [3.63, 3.8) is 0 Å². The average Bonchev–Trinajstić information content (AvgIpc) is 3.20. The molecular formula is C20H28N4O4. The lowest BCUT2D eigenvalue weighted by molar-refractivity contribution is -0.147. The third-order valence-corrected chi connectivity index (χ3v) is 5.88. The van der Waals surface area contributed by atoms with Crippen LogP contribution in [0.1, 0.15) is 50.5 Å². The van der Waals surface area contributed by atoms with Crippen molar-refractivity contribution in [2.24, 2.45) is 22.2 Å². The molecule has 1 saturated carbocycles. The largest absolute Gasteiger partial charge is 0.491 e. The molecule has 1 unspecified atom stereocenters. The molecule has 0 spiro atoms. The van der Waals surface area contributed by atoms with E-state index in [0.29, 0.717) is 25.3 Å². The number of hydrogen-bond donors (Lipinski definition) is 4. The van der Waals surface area contributed by atoms with Crippen LogP contribution in [-0.4, -0.2) is 35.9 Å². The molecule has 1 atom stereocenters. The quantitative estimate of drug-likeness (QED) is 0.140. The van der Waals surface area contributed by atoms with E-state index in [2.05, 4.69) is 10.5 Å². The van der Waals surface area contributed by atoms with E-state index >= 15 is 0 Å². The highest BCUT2D eigenvalue weighted by atomic mass is 16.5. The summed E-state index contributed by atoms with van der Waals surface area (Å²) in [6, 6.07) is 4.90. The highest BCUT2D eigenvalue weighted by molar-refractivity contribution is 6.07. The van der Waals surface area contributed by atoms with Crippen LogP contribution in [0, 0.1) is 11.3 Å². The van der Waals surface area contributed by atoms with Gasteiger partial charge in [-0.15, -0.1) is 0 Å². The van der Waals surface area contributed by atoms with E-state index in [1.807, 2.05) is 0 Å². The summed E-state index contributed by atoms with van der Waals surface area (Å²) in [6.07, 6.45) is 5.92. The number of piperidine rings is 1. The SMILES string of the molecule is NC(=NO)c1c(N)cccc1OCC1(C(=O)CC2CCCC2)CCCNC1=O. The van der Waals surface area contributed by atoms with Crippen LogP contribution in [0.15, 0.2) is 23.4 Å².